The molecule has 2 N–H and O–H groups in total. The summed E-state index contributed by atoms with van der Waals surface area (Å²) in [6, 6.07) is 26.1. The van der Waals surface area contributed by atoms with Crippen molar-refractivity contribution in [1.82, 2.24) is 10.2 Å². The number of anilines is 1. The van der Waals surface area contributed by atoms with E-state index in [9.17, 15) is 14.4 Å². The average molecular weight is 460 g/mol. The number of para-hydroxylation sites is 1. The van der Waals surface area contributed by atoms with Gasteiger partial charge in [0.05, 0.1) is 5.69 Å². The molecule has 0 aliphatic carbocycles. The zero-order valence-corrected chi connectivity index (χ0v) is 19.1. The second kappa shape index (κ2) is 9.92. The number of hydrogen-bond acceptors (Lipinski definition) is 4. The van der Waals surface area contributed by atoms with Crippen LogP contribution in [0.3, 0.4) is 0 Å². The average Bonchev–Trinajstić information content (AvgIpc) is 3.10. The third-order valence-corrected chi connectivity index (χ3v) is 6.82. The summed E-state index contributed by atoms with van der Waals surface area (Å²) in [7, 11) is 0. The van der Waals surface area contributed by atoms with E-state index in [-0.39, 0.29) is 6.54 Å². The highest BCUT2D eigenvalue weighted by molar-refractivity contribution is 7.98. The van der Waals surface area contributed by atoms with Gasteiger partial charge >= 0.3 is 6.03 Å². The van der Waals surface area contributed by atoms with Crippen molar-refractivity contribution < 1.29 is 14.4 Å². The van der Waals surface area contributed by atoms with Gasteiger partial charge in [-0.05, 0) is 29.7 Å². The Bertz CT molecular complexity index is 1150. The molecule has 6 nitrogen and oxygen atoms in total. The summed E-state index contributed by atoms with van der Waals surface area (Å²) in [4.78, 5) is 40.6. The summed E-state index contributed by atoms with van der Waals surface area (Å²) in [5.41, 5.74) is 1.39. The lowest BCUT2D eigenvalue weighted by molar-refractivity contribution is -0.134. The van der Waals surface area contributed by atoms with Crippen LogP contribution < -0.4 is 10.6 Å². The summed E-state index contributed by atoms with van der Waals surface area (Å²) < 4.78 is 0. The van der Waals surface area contributed by atoms with Crippen LogP contribution in [0.5, 0.6) is 0 Å². The van der Waals surface area contributed by atoms with Gasteiger partial charge in [0.1, 0.15) is 12.1 Å². The fourth-order valence-corrected chi connectivity index (χ4v) is 4.86. The van der Waals surface area contributed by atoms with E-state index in [0.717, 1.165) is 15.5 Å². The SMILES string of the molecule is CCC1(c2ccccc2)NC(=O)N(CC(=O)Nc2ccccc2SCc2ccccc2)C1=O. The third kappa shape index (κ3) is 4.78. The van der Waals surface area contributed by atoms with Crippen LogP contribution in [-0.4, -0.2) is 29.3 Å². The Morgan fingerprint density at radius 1 is 0.939 bits per heavy atom. The molecule has 1 aliphatic rings. The first-order valence-corrected chi connectivity index (χ1v) is 11.8. The van der Waals surface area contributed by atoms with Gasteiger partial charge in [-0.25, -0.2) is 4.79 Å². The summed E-state index contributed by atoms with van der Waals surface area (Å²) in [6.07, 6.45) is 0.388. The first-order valence-electron chi connectivity index (χ1n) is 10.8. The highest BCUT2D eigenvalue weighted by Crippen LogP contribution is 2.33. The Labute approximate surface area is 197 Å². The number of thioether (sulfide) groups is 1. The Morgan fingerprint density at radius 2 is 1.58 bits per heavy atom. The Morgan fingerprint density at radius 3 is 2.27 bits per heavy atom. The number of carbonyl (C=O) groups excluding carboxylic acids is 3. The molecular formula is C26H25N3O3S. The Kier molecular flexibility index (Phi) is 6.79. The van der Waals surface area contributed by atoms with Crippen LogP contribution in [0.25, 0.3) is 0 Å². The second-order valence-electron chi connectivity index (χ2n) is 7.76. The number of nitrogens with one attached hydrogen (secondary N) is 2. The Balaban J connectivity index is 1.45. The molecule has 1 atom stereocenters. The first kappa shape index (κ1) is 22.6. The molecule has 1 fully saturated rings. The van der Waals surface area contributed by atoms with Gasteiger partial charge in [0.2, 0.25) is 5.91 Å². The molecule has 4 rings (SSSR count). The van der Waals surface area contributed by atoms with Crippen LogP contribution in [0.1, 0.15) is 24.5 Å². The van der Waals surface area contributed by atoms with Crippen molar-refractivity contribution in [3.8, 4) is 0 Å². The van der Waals surface area contributed by atoms with Crippen LogP contribution in [-0.2, 0) is 20.9 Å². The van der Waals surface area contributed by atoms with E-state index < -0.39 is 23.4 Å². The summed E-state index contributed by atoms with van der Waals surface area (Å²) in [5, 5.41) is 5.67. The van der Waals surface area contributed by atoms with Crippen LogP contribution in [0.4, 0.5) is 10.5 Å². The monoisotopic (exact) mass is 459 g/mol. The molecule has 0 bridgehead atoms. The quantitative estimate of drug-likeness (QED) is 0.376. The molecule has 3 aromatic carbocycles. The van der Waals surface area contributed by atoms with E-state index in [4.69, 9.17) is 0 Å². The maximum absolute atomic E-state index is 13.2. The van der Waals surface area contributed by atoms with Gasteiger partial charge in [-0.1, -0.05) is 79.7 Å². The molecule has 0 aromatic heterocycles. The van der Waals surface area contributed by atoms with Crippen molar-refractivity contribution in [2.45, 2.75) is 29.5 Å². The van der Waals surface area contributed by atoms with E-state index >= 15 is 0 Å². The molecule has 4 amide bonds. The number of urea groups is 1. The molecule has 168 valence electrons. The van der Waals surface area contributed by atoms with E-state index in [1.807, 2.05) is 79.7 Å². The van der Waals surface area contributed by atoms with Crippen molar-refractivity contribution in [1.29, 1.82) is 0 Å². The van der Waals surface area contributed by atoms with E-state index in [0.29, 0.717) is 17.7 Å². The van der Waals surface area contributed by atoms with Crippen molar-refractivity contribution in [2.75, 3.05) is 11.9 Å². The predicted molar refractivity (Wildman–Crippen MR) is 130 cm³/mol. The minimum Gasteiger partial charge on any atom is -0.324 e. The number of benzene rings is 3. The number of rotatable bonds is 8. The molecule has 0 spiro atoms. The van der Waals surface area contributed by atoms with E-state index in [2.05, 4.69) is 22.8 Å². The van der Waals surface area contributed by atoms with Gasteiger partial charge in [-0.15, -0.1) is 11.8 Å². The summed E-state index contributed by atoms with van der Waals surface area (Å²) in [6.45, 7) is 1.49. The van der Waals surface area contributed by atoms with E-state index in [1.54, 1.807) is 11.8 Å². The maximum atomic E-state index is 13.2. The van der Waals surface area contributed by atoms with Gasteiger partial charge < -0.3 is 10.6 Å². The summed E-state index contributed by atoms with van der Waals surface area (Å²) in [5.74, 6) is -0.0778. The van der Waals surface area contributed by atoms with Crippen LogP contribution in [0, 0.1) is 0 Å². The van der Waals surface area contributed by atoms with Gasteiger partial charge in [0.15, 0.2) is 0 Å². The van der Waals surface area contributed by atoms with Crippen molar-refractivity contribution in [2.24, 2.45) is 0 Å². The molecule has 0 radical (unpaired) electrons. The van der Waals surface area contributed by atoms with Crippen molar-refractivity contribution in [3.05, 3.63) is 96.1 Å². The first-order chi connectivity index (χ1) is 16.0. The van der Waals surface area contributed by atoms with Gasteiger partial charge in [-0.3, -0.25) is 14.5 Å². The number of amides is 4. The topological polar surface area (TPSA) is 78.5 Å². The fourth-order valence-electron chi connectivity index (χ4n) is 3.90. The highest BCUT2D eigenvalue weighted by atomic mass is 32.2. The number of hydrogen-bond donors (Lipinski definition) is 2. The zero-order valence-electron chi connectivity index (χ0n) is 18.3. The molecule has 1 unspecified atom stereocenters. The molecule has 7 heteroatoms. The lowest BCUT2D eigenvalue weighted by Crippen LogP contribution is -2.44. The lowest BCUT2D eigenvalue weighted by atomic mass is 9.87. The molecule has 0 saturated carbocycles. The highest BCUT2D eigenvalue weighted by Gasteiger charge is 2.51. The van der Waals surface area contributed by atoms with Crippen LogP contribution >= 0.6 is 11.8 Å². The largest absolute Gasteiger partial charge is 0.325 e. The number of nitrogens with zero attached hydrogens (tertiary/aromatic N) is 1. The Hall–Kier alpha value is -3.58. The maximum Gasteiger partial charge on any atom is 0.325 e. The van der Waals surface area contributed by atoms with Crippen molar-refractivity contribution >= 4 is 35.3 Å². The van der Waals surface area contributed by atoms with Crippen molar-refractivity contribution in [3.63, 3.8) is 0 Å². The van der Waals surface area contributed by atoms with Crippen LogP contribution in [0.2, 0.25) is 0 Å². The predicted octanol–water partition coefficient (Wildman–Crippen LogP) is 4.77. The number of imide groups is 1. The minimum atomic E-state index is -1.15. The third-order valence-electron chi connectivity index (χ3n) is 5.67. The van der Waals surface area contributed by atoms with Crippen LogP contribution in [0.15, 0.2) is 89.8 Å². The van der Waals surface area contributed by atoms with E-state index in [1.165, 1.54) is 5.56 Å². The molecule has 3 aromatic rings. The second-order valence-corrected chi connectivity index (χ2v) is 8.78. The molecule has 1 saturated heterocycles. The summed E-state index contributed by atoms with van der Waals surface area (Å²) >= 11 is 1.61. The standard InChI is InChI=1S/C26H25N3O3S/c1-2-26(20-13-7-4-8-14-20)24(31)29(25(32)28-26)17-23(30)27-21-15-9-10-16-22(21)33-18-19-11-5-3-6-12-19/h3-16H,2,17-18H2,1H3,(H,27,30)(H,28,32). The lowest BCUT2D eigenvalue weighted by Gasteiger charge is -2.25. The molecular weight excluding hydrogens is 434 g/mol. The smallest absolute Gasteiger partial charge is 0.324 e. The normalized spacial score (nSPS) is 17.7. The number of carbonyl (C=O) groups is 3. The van der Waals surface area contributed by atoms with Gasteiger partial charge in [0.25, 0.3) is 5.91 Å². The fraction of sp³-hybridized carbons (Fsp3) is 0.192. The minimum absolute atomic E-state index is 0.350. The molecule has 1 heterocycles. The van der Waals surface area contributed by atoms with Gasteiger partial charge in [-0.2, -0.15) is 0 Å². The zero-order chi connectivity index (χ0) is 23.3. The van der Waals surface area contributed by atoms with Gasteiger partial charge in [0, 0.05) is 10.6 Å². The molecule has 1 aliphatic heterocycles. The molecule has 33 heavy (non-hydrogen) atoms.